The maximum atomic E-state index is 13.1. The number of amides is 1. The predicted octanol–water partition coefficient (Wildman–Crippen LogP) is 2.30. The number of hydrogen-bond donors (Lipinski definition) is 0. The summed E-state index contributed by atoms with van der Waals surface area (Å²) in [6.07, 6.45) is 5.28. The number of aryl methyl sites for hydroxylation is 1. The minimum atomic E-state index is -0.319. The van der Waals surface area contributed by atoms with Crippen LogP contribution in [0, 0.1) is 17.7 Å². The normalized spacial score (nSPS) is 24.7. The Morgan fingerprint density at radius 2 is 1.88 bits per heavy atom. The fourth-order valence-electron chi connectivity index (χ4n) is 4.60. The quantitative estimate of drug-likeness (QED) is 0.826. The van der Waals surface area contributed by atoms with E-state index in [1.165, 1.54) is 12.3 Å². The van der Waals surface area contributed by atoms with Crippen molar-refractivity contribution in [2.24, 2.45) is 11.8 Å². The number of anilines is 1. The van der Waals surface area contributed by atoms with Gasteiger partial charge >= 0.3 is 0 Å². The van der Waals surface area contributed by atoms with Gasteiger partial charge in [-0.25, -0.2) is 9.37 Å². The molecular formula is C19H21FN4O2. The zero-order valence-corrected chi connectivity index (χ0v) is 14.5. The van der Waals surface area contributed by atoms with Gasteiger partial charge in [-0.05, 0) is 37.8 Å². The van der Waals surface area contributed by atoms with Crippen molar-refractivity contribution in [3.8, 4) is 0 Å². The summed E-state index contributed by atoms with van der Waals surface area (Å²) < 4.78 is 18.5. The highest BCUT2D eigenvalue weighted by Gasteiger charge is 2.43. The van der Waals surface area contributed by atoms with Crippen molar-refractivity contribution in [2.45, 2.75) is 25.7 Å². The first kappa shape index (κ1) is 15.8. The molecule has 6 nitrogen and oxygen atoms in total. The Morgan fingerprint density at radius 1 is 1.12 bits per heavy atom. The van der Waals surface area contributed by atoms with Crippen molar-refractivity contribution in [1.82, 2.24) is 15.0 Å². The Hall–Kier alpha value is -2.44. The van der Waals surface area contributed by atoms with E-state index in [2.05, 4.69) is 15.0 Å². The summed E-state index contributed by atoms with van der Waals surface area (Å²) in [5.74, 6) is 1.77. The lowest BCUT2D eigenvalue weighted by Crippen LogP contribution is -2.33. The van der Waals surface area contributed by atoms with E-state index in [4.69, 9.17) is 4.52 Å². The Bertz CT molecular complexity index is 821. The van der Waals surface area contributed by atoms with Gasteiger partial charge in [-0.3, -0.25) is 4.79 Å². The van der Waals surface area contributed by atoms with Crippen LogP contribution in [0.4, 0.5) is 10.2 Å². The molecule has 2 fully saturated rings. The van der Waals surface area contributed by atoms with Gasteiger partial charge < -0.3 is 14.3 Å². The molecule has 7 heteroatoms. The van der Waals surface area contributed by atoms with Gasteiger partial charge in [0.25, 0.3) is 5.91 Å². The standard InChI is InChI=1S/C19H21FN4O2/c20-14-5-6-17(21-7-14)23-8-12-10-24(11-13(12)9-23)19(25)18-15-3-1-2-4-16(15)22-26-18/h5-7,12-13H,1-4,8-11H2. The average molecular weight is 356 g/mol. The van der Waals surface area contributed by atoms with Gasteiger partial charge in [0.05, 0.1) is 11.9 Å². The van der Waals surface area contributed by atoms with Crippen LogP contribution in [0.3, 0.4) is 0 Å². The summed E-state index contributed by atoms with van der Waals surface area (Å²) in [5.41, 5.74) is 1.99. The van der Waals surface area contributed by atoms with Crippen molar-refractivity contribution in [1.29, 1.82) is 0 Å². The monoisotopic (exact) mass is 356 g/mol. The molecule has 1 amide bonds. The molecule has 2 atom stereocenters. The molecule has 5 rings (SSSR count). The van der Waals surface area contributed by atoms with Gasteiger partial charge in [-0.15, -0.1) is 0 Å². The first-order valence-corrected chi connectivity index (χ1v) is 9.32. The summed E-state index contributed by atoms with van der Waals surface area (Å²) in [5, 5.41) is 4.11. The number of hydrogen-bond acceptors (Lipinski definition) is 5. The first-order chi connectivity index (χ1) is 12.7. The van der Waals surface area contributed by atoms with E-state index >= 15 is 0 Å². The van der Waals surface area contributed by atoms with Gasteiger partial charge in [0, 0.05) is 43.6 Å². The molecule has 2 aliphatic heterocycles. The van der Waals surface area contributed by atoms with E-state index in [1.807, 2.05) is 4.90 Å². The topological polar surface area (TPSA) is 62.5 Å². The molecule has 3 aliphatic rings. The lowest BCUT2D eigenvalue weighted by Gasteiger charge is -2.22. The summed E-state index contributed by atoms with van der Waals surface area (Å²) in [6.45, 7) is 3.16. The molecule has 1 aliphatic carbocycles. The highest BCUT2D eigenvalue weighted by atomic mass is 19.1. The Labute approximate surface area is 151 Å². The zero-order chi connectivity index (χ0) is 17.7. The number of nitrogens with zero attached hydrogens (tertiary/aromatic N) is 4. The van der Waals surface area contributed by atoms with E-state index in [0.717, 1.165) is 68.9 Å². The van der Waals surface area contributed by atoms with Crippen LogP contribution < -0.4 is 4.90 Å². The number of aromatic nitrogens is 2. The van der Waals surface area contributed by atoms with Crippen molar-refractivity contribution in [3.63, 3.8) is 0 Å². The fraction of sp³-hybridized carbons (Fsp3) is 0.526. The molecule has 0 aromatic carbocycles. The third kappa shape index (κ3) is 2.57. The van der Waals surface area contributed by atoms with E-state index in [1.54, 1.807) is 6.07 Å². The molecule has 26 heavy (non-hydrogen) atoms. The summed E-state index contributed by atoms with van der Waals surface area (Å²) in [7, 11) is 0. The molecule has 0 N–H and O–H groups in total. The van der Waals surface area contributed by atoms with Crippen LogP contribution in [-0.2, 0) is 12.8 Å². The number of pyridine rings is 1. The van der Waals surface area contributed by atoms with Crippen LogP contribution in [0.5, 0.6) is 0 Å². The second kappa shape index (κ2) is 6.07. The molecule has 4 heterocycles. The van der Waals surface area contributed by atoms with Crippen LogP contribution in [0.15, 0.2) is 22.9 Å². The van der Waals surface area contributed by atoms with Crippen molar-refractivity contribution in [2.75, 3.05) is 31.1 Å². The van der Waals surface area contributed by atoms with Crippen molar-refractivity contribution < 1.29 is 13.7 Å². The molecular weight excluding hydrogens is 335 g/mol. The molecule has 0 spiro atoms. The van der Waals surface area contributed by atoms with E-state index in [9.17, 15) is 9.18 Å². The number of fused-ring (bicyclic) bond motifs is 2. The third-order valence-electron chi connectivity index (χ3n) is 5.96. The van der Waals surface area contributed by atoms with Crippen molar-refractivity contribution >= 4 is 11.7 Å². The van der Waals surface area contributed by atoms with Gasteiger partial charge in [0.2, 0.25) is 5.76 Å². The largest absolute Gasteiger partial charge is 0.356 e. The second-order valence-electron chi connectivity index (χ2n) is 7.61. The second-order valence-corrected chi connectivity index (χ2v) is 7.61. The number of carbonyl (C=O) groups excluding carboxylic acids is 1. The van der Waals surface area contributed by atoms with Gasteiger partial charge in [0.1, 0.15) is 11.6 Å². The van der Waals surface area contributed by atoms with Crippen LogP contribution >= 0.6 is 0 Å². The molecule has 136 valence electrons. The summed E-state index contributed by atoms with van der Waals surface area (Å²) in [4.78, 5) is 21.2. The highest BCUT2D eigenvalue weighted by molar-refractivity contribution is 5.93. The number of halogens is 1. The third-order valence-corrected chi connectivity index (χ3v) is 5.96. The van der Waals surface area contributed by atoms with E-state index < -0.39 is 0 Å². The smallest absolute Gasteiger partial charge is 0.292 e. The summed E-state index contributed by atoms with van der Waals surface area (Å²) in [6, 6.07) is 3.17. The molecule has 0 radical (unpaired) electrons. The van der Waals surface area contributed by atoms with Crippen LogP contribution in [0.2, 0.25) is 0 Å². The molecule has 0 bridgehead atoms. The van der Waals surface area contributed by atoms with Gasteiger partial charge in [-0.1, -0.05) is 5.16 Å². The average Bonchev–Trinajstić information content (AvgIpc) is 3.34. The molecule has 2 saturated heterocycles. The number of rotatable bonds is 2. The van der Waals surface area contributed by atoms with E-state index in [-0.39, 0.29) is 11.7 Å². The lowest BCUT2D eigenvalue weighted by atomic mass is 9.96. The molecule has 0 saturated carbocycles. The Kier molecular flexibility index (Phi) is 3.69. The summed E-state index contributed by atoms with van der Waals surface area (Å²) >= 11 is 0. The minimum Gasteiger partial charge on any atom is -0.356 e. The number of carbonyl (C=O) groups is 1. The Balaban J connectivity index is 1.27. The molecule has 2 aromatic rings. The highest BCUT2D eigenvalue weighted by Crippen LogP contribution is 2.35. The van der Waals surface area contributed by atoms with Gasteiger partial charge in [0.15, 0.2) is 0 Å². The lowest BCUT2D eigenvalue weighted by molar-refractivity contribution is 0.0739. The first-order valence-electron chi connectivity index (χ1n) is 9.32. The maximum absolute atomic E-state index is 13.1. The SMILES string of the molecule is O=C(c1onc2c1CCCC2)N1CC2CN(c3ccc(F)cn3)CC2C1. The van der Waals surface area contributed by atoms with Crippen LogP contribution in [-0.4, -0.2) is 47.1 Å². The zero-order valence-electron chi connectivity index (χ0n) is 14.5. The Morgan fingerprint density at radius 3 is 2.62 bits per heavy atom. The number of likely N-dealkylation sites (tertiary alicyclic amines) is 1. The predicted molar refractivity (Wildman–Crippen MR) is 92.4 cm³/mol. The van der Waals surface area contributed by atoms with Crippen LogP contribution in [0.1, 0.15) is 34.7 Å². The van der Waals surface area contributed by atoms with Crippen molar-refractivity contribution in [3.05, 3.63) is 41.2 Å². The maximum Gasteiger partial charge on any atom is 0.292 e. The molecule has 2 aromatic heterocycles. The van der Waals surface area contributed by atoms with E-state index in [0.29, 0.717) is 17.6 Å². The van der Waals surface area contributed by atoms with Crippen LogP contribution in [0.25, 0.3) is 0 Å². The minimum absolute atomic E-state index is 0.0125. The molecule has 2 unspecified atom stereocenters. The van der Waals surface area contributed by atoms with Gasteiger partial charge in [-0.2, -0.15) is 0 Å². The fourth-order valence-corrected chi connectivity index (χ4v) is 4.60.